The van der Waals surface area contributed by atoms with E-state index in [1.807, 2.05) is 0 Å². The maximum atomic E-state index is 12.6. The highest BCUT2D eigenvalue weighted by molar-refractivity contribution is 7.88. The van der Waals surface area contributed by atoms with Gasteiger partial charge in [0.1, 0.15) is 5.52 Å². The van der Waals surface area contributed by atoms with Crippen LogP contribution in [0.25, 0.3) is 5.52 Å². The van der Waals surface area contributed by atoms with E-state index in [0.717, 1.165) is 23.9 Å². The lowest BCUT2D eigenvalue weighted by Gasteiger charge is -2.14. The van der Waals surface area contributed by atoms with Gasteiger partial charge in [-0.15, -0.1) is 0 Å². The van der Waals surface area contributed by atoms with Crippen LogP contribution < -0.4 is 4.18 Å². The van der Waals surface area contributed by atoms with Gasteiger partial charge in [-0.2, -0.15) is 26.7 Å². The van der Waals surface area contributed by atoms with Crippen molar-refractivity contribution in [3.8, 4) is 5.75 Å². The number of pyridine rings is 1. The molecule has 2 aromatic rings. The smallest absolute Gasteiger partial charge is 0.464 e. The molecule has 0 aliphatic heterocycles. The molecule has 0 N–H and O–H groups in total. The molecule has 0 radical (unpaired) electrons. The number of esters is 1. The molecule has 0 spiro atoms. The number of nitrogens with zero attached hydrogens (tertiary/aromatic N) is 2. The van der Waals surface area contributed by atoms with Crippen molar-refractivity contribution in [2.24, 2.45) is 0 Å². The van der Waals surface area contributed by atoms with Crippen LogP contribution >= 0.6 is 11.6 Å². The highest BCUT2D eigenvalue weighted by Crippen LogP contribution is 2.35. The lowest BCUT2D eigenvalue weighted by atomic mass is 10.1. The molecule has 0 bridgehead atoms. The van der Waals surface area contributed by atoms with Crippen molar-refractivity contribution in [2.75, 3.05) is 7.11 Å². The normalized spacial score (nSPS) is 12.2. The Morgan fingerprint density at radius 2 is 1.92 bits per heavy atom. The minimum atomic E-state index is -6.10. The monoisotopic (exact) mass is 400 g/mol. The second-order valence-electron chi connectivity index (χ2n) is 4.62. The van der Waals surface area contributed by atoms with Crippen LogP contribution in [0.2, 0.25) is 0 Å². The molecular formula is C12H8ClF3N2O6S. The zero-order valence-corrected chi connectivity index (χ0v) is 14.0. The SMILES string of the molecule is COC(=O)c1cc2c(OS(=O)(=O)C(F)(F)F)c(C(=O)Cl)c(C)cn2n1. The van der Waals surface area contributed by atoms with E-state index in [2.05, 4.69) is 14.0 Å². The first-order chi connectivity index (χ1) is 11.4. The maximum Gasteiger partial charge on any atom is 0.534 e. The largest absolute Gasteiger partial charge is 0.534 e. The Kier molecular flexibility index (Phi) is 4.70. The summed E-state index contributed by atoms with van der Waals surface area (Å²) < 4.78 is 69.9. The molecule has 2 heterocycles. The summed E-state index contributed by atoms with van der Waals surface area (Å²) in [5.74, 6) is -1.94. The number of hydrogen-bond donors (Lipinski definition) is 0. The van der Waals surface area contributed by atoms with E-state index in [9.17, 15) is 31.2 Å². The summed E-state index contributed by atoms with van der Waals surface area (Å²) in [6.07, 6.45) is 1.16. The van der Waals surface area contributed by atoms with Crippen molar-refractivity contribution < 1.29 is 40.1 Å². The molecule has 0 amide bonds. The first-order valence-electron chi connectivity index (χ1n) is 6.21. The first-order valence-corrected chi connectivity index (χ1v) is 7.99. The van der Waals surface area contributed by atoms with Crippen molar-refractivity contribution in [3.05, 3.63) is 29.1 Å². The molecule has 0 saturated carbocycles. The standard InChI is InChI=1S/C12H8ClF3N2O6S/c1-5-4-18-7(3-6(17-18)11(20)23-2)9(8(5)10(13)19)24-25(21,22)12(14,15)16/h3-4H,1-2H3. The van der Waals surface area contributed by atoms with Gasteiger partial charge in [0, 0.05) is 12.3 Å². The van der Waals surface area contributed by atoms with Gasteiger partial charge in [-0.25, -0.2) is 9.31 Å². The second kappa shape index (κ2) is 6.19. The summed E-state index contributed by atoms with van der Waals surface area (Å²) in [5.41, 5.74) is -7.14. The number of rotatable bonds is 4. The second-order valence-corrected chi connectivity index (χ2v) is 6.51. The van der Waals surface area contributed by atoms with Crippen molar-refractivity contribution in [1.82, 2.24) is 9.61 Å². The molecule has 0 aromatic carbocycles. The molecule has 0 saturated heterocycles. The van der Waals surface area contributed by atoms with Crippen molar-refractivity contribution >= 4 is 38.4 Å². The van der Waals surface area contributed by atoms with E-state index in [0.29, 0.717) is 0 Å². The van der Waals surface area contributed by atoms with E-state index in [1.54, 1.807) is 0 Å². The van der Waals surface area contributed by atoms with Crippen LogP contribution in [-0.2, 0) is 14.9 Å². The molecule has 0 aliphatic carbocycles. The zero-order chi connectivity index (χ0) is 19.2. The number of aromatic nitrogens is 2. The number of carbonyl (C=O) groups is 2. The fraction of sp³-hybridized carbons (Fsp3) is 0.250. The molecule has 0 aliphatic rings. The first kappa shape index (κ1) is 19.0. The average molecular weight is 401 g/mol. The minimum absolute atomic E-state index is 0.0283. The van der Waals surface area contributed by atoms with Gasteiger partial charge < -0.3 is 8.92 Å². The third kappa shape index (κ3) is 3.39. The Morgan fingerprint density at radius 3 is 2.40 bits per heavy atom. The van der Waals surface area contributed by atoms with E-state index in [-0.39, 0.29) is 11.3 Å². The summed E-state index contributed by atoms with van der Waals surface area (Å²) in [6.45, 7) is 1.27. The van der Waals surface area contributed by atoms with Crippen LogP contribution in [0.15, 0.2) is 12.3 Å². The molecule has 2 rings (SSSR count). The van der Waals surface area contributed by atoms with Gasteiger partial charge in [0.2, 0.25) is 0 Å². The average Bonchev–Trinajstić information content (AvgIpc) is 2.88. The van der Waals surface area contributed by atoms with Crippen molar-refractivity contribution in [3.63, 3.8) is 0 Å². The van der Waals surface area contributed by atoms with Crippen molar-refractivity contribution in [1.29, 1.82) is 0 Å². The number of hydrogen-bond acceptors (Lipinski definition) is 7. The van der Waals surface area contributed by atoms with Gasteiger partial charge >= 0.3 is 21.6 Å². The number of ether oxygens (including phenoxy) is 1. The Labute approximate surface area is 143 Å². The van der Waals surface area contributed by atoms with Gasteiger partial charge in [0.25, 0.3) is 5.24 Å². The number of methoxy groups -OCH3 is 1. The summed E-state index contributed by atoms with van der Waals surface area (Å²) in [5, 5.41) is 2.47. The summed E-state index contributed by atoms with van der Waals surface area (Å²) in [7, 11) is -5.06. The van der Waals surface area contributed by atoms with Gasteiger partial charge in [-0.05, 0) is 24.1 Å². The lowest BCUT2D eigenvalue weighted by molar-refractivity contribution is -0.0499. The number of halogens is 4. The van der Waals surface area contributed by atoms with Crippen LogP contribution in [0.5, 0.6) is 5.75 Å². The maximum absolute atomic E-state index is 12.6. The minimum Gasteiger partial charge on any atom is -0.464 e. The quantitative estimate of drug-likeness (QED) is 0.335. The topological polar surface area (TPSA) is 104 Å². The molecule has 136 valence electrons. The molecule has 0 unspecified atom stereocenters. The van der Waals surface area contributed by atoms with Crippen LogP contribution in [-0.4, -0.2) is 41.9 Å². The van der Waals surface area contributed by atoms with Crippen LogP contribution in [0.1, 0.15) is 26.4 Å². The van der Waals surface area contributed by atoms with Crippen molar-refractivity contribution in [2.45, 2.75) is 12.4 Å². The molecule has 8 nitrogen and oxygen atoms in total. The Balaban J connectivity index is 2.82. The van der Waals surface area contributed by atoms with Gasteiger partial charge in [-0.3, -0.25) is 4.79 Å². The third-order valence-electron chi connectivity index (χ3n) is 2.97. The number of alkyl halides is 3. The van der Waals surface area contributed by atoms with Gasteiger partial charge in [0.15, 0.2) is 11.4 Å². The fourth-order valence-corrected chi connectivity index (χ4v) is 2.62. The van der Waals surface area contributed by atoms with E-state index >= 15 is 0 Å². The Morgan fingerprint density at radius 1 is 1.32 bits per heavy atom. The third-order valence-corrected chi connectivity index (χ3v) is 4.12. The van der Waals surface area contributed by atoms with E-state index in [1.165, 1.54) is 6.92 Å². The predicted molar refractivity (Wildman–Crippen MR) is 77.1 cm³/mol. The molecule has 2 aromatic heterocycles. The Bertz CT molecular complexity index is 983. The van der Waals surface area contributed by atoms with Gasteiger partial charge in [0.05, 0.1) is 12.7 Å². The summed E-state index contributed by atoms with van der Waals surface area (Å²) in [4.78, 5) is 23.1. The van der Waals surface area contributed by atoms with Crippen LogP contribution in [0, 0.1) is 6.92 Å². The molecule has 13 heteroatoms. The summed E-state index contributed by atoms with van der Waals surface area (Å²) >= 11 is 5.34. The summed E-state index contributed by atoms with van der Waals surface area (Å²) in [6, 6.07) is 0.899. The van der Waals surface area contributed by atoms with E-state index in [4.69, 9.17) is 11.6 Å². The Hall–Kier alpha value is -2.34. The molecule has 25 heavy (non-hydrogen) atoms. The van der Waals surface area contributed by atoms with E-state index < -0.39 is 43.7 Å². The van der Waals surface area contributed by atoms with Gasteiger partial charge in [-0.1, -0.05) is 0 Å². The molecular weight excluding hydrogens is 393 g/mol. The fourth-order valence-electron chi connectivity index (χ4n) is 1.91. The zero-order valence-electron chi connectivity index (χ0n) is 12.4. The highest BCUT2D eigenvalue weighted by Gasteiger charge is 2.49. The van der Waals surface area contributed by atoms with Crippen LogP contribution in [0.3, 0.4) is 0 Å². The molecule has 0 atom stereocenters. The molecule has 0 fully saturated rings. The number of carbonyl (C=O) groups excluding carboxylic acids is 2. The lowest BCUT2D eigenvalue weighted by Crippen LogP contribution is -2.28. The number of fused-ring (bicyclic) bond motifs is 1. The van der Waals surface area contributed by atoms with Crippen LogP contribution in [0.4, 0.5) is 13.2 Å². The number of aryl methyl sites for hydroxylation is 1. The highest BCUT2D eigenvalue weighted by atomic mass is 35.5. The predicted octanol–water partition coefficient (Wildman–Crippen LogP) is 2.04.